The molecule has 0 aromatic rings. The fourth-order valence-corrected chi connectivity index (χ4v) is 6.06. The van der Waals surface area contributed by atoms with Gasteiger partial charge in [-0.3, -0.25) is 0 Å². The van der Waals surface area contributed by atoms with Gasteiger partial charge in [0.2, 0.25) is 0 Å². The van der Waals surface area contributed by atoms with Crippen molar-refractivity contribution in [3.63, 3.8) is 0 Å². The maximum absolute atomic E-state index is 2.52. The van der Waals surface area contributed by atoms with Crippen LogP contribution in [0.5, 0.6) is 0 Å². The van der Waals surface area contributed by atoms with E-state index < -0.39 is 23.2 Å². The van der Waals surface area contributed by atoms with Gasteiger partial charge in [-0.25, -0.2) is 0 Å². The van der Waals surface area contributed by atoms with Crippen LogP contribution in [0.1, 0.15) is 53.4 Å². The molecular weight excluding hydrogens is 378 g/mol. The van der Waals surface area contributed by atoms with Crippen LogP contribution in [0.3, 0.4) is 0 Å². The molecule has 0 fully saturated rings. The van der Waals surface area contributed by atoms with Gasteiger partial charge in [-0.1, -0.05) is 0 Å². The first-order chi connectivity index (χ1) is 9.02. The smallest absolute Gasteiger partial charge is 1.00 e. The summed E-state index contributed by atoms with van der Waals surface area (Å²) < 4.78 is 3.56. The van der Waals surface area contributed by atoms with Gasteiger partial charge in [0.15, 0.2) is 0 Å². The minimum absolute atomic E-state index is 0. The summed E-state index contributed by atoms with van der Waals surface area (Å²) in [5.74, 6) is 1.58. The van der Waals surface area contributed by atoms with E-state index in [1.165, 1.54) is 25.7 Å². The molecule has 0 aromatic heterocycles. The summed E-state index contributed by atoms with van der Waals surface area (Å²) in [6.07, 6.45) is 15.0. The molecule has 0 radical (unpaired) electrons. The van der Waals surface area contributed by atoms with Crippen LogP contribution in [0, 0.1) is 11.8 Å². The first-order valence-electron chi connectivity index (χ1n) is 7.59. The molecule has 0 aliphatic heterocycles. The molecule has 0 amide bonds. The standard InChI is InChI=1S/2C9H13.2ClH.Zr/c2*1-8(2)7-9-5-3-4-6-9;;;/h2*5-6,8H,3,7H2,1-2H3;2*1H;/q;;;;+2/p-2. The Kier molecular flexibility index (Phi) is 10.5. The largest absolute Gasteiger partial charge is 1.00 e. The summed E-state index contributed by atoms with van der Waals surface area (Å²) in [7, 11) is 0. The maximum atomic E-state index is 2.52. The predicted molar refractivity (Wildman–Crippen MR) is 80.5 cm³/mol. The molecule has 0 N–H and O–H groups in total. The molecule has 0 heterocycles. The molecule has 0 spiro atoms. The molecule has 2 aliphatic carbocycles. The molecule has 116 valence electrons. The third-order valence-electron chi connectivity index (χ3n) is 3.50. The molecule has 2 rings (SSSR count). The van der Waals surface area contributed by atoms with Crippen molar-refractivity contribution < 1.29 is 48.0 Å². The zero-order valence-electron chi connectivity index (χ0n) is 13.5. The second kappa shape index (κ2) is 10.2. The zero-order chi connectivity index (χ0) is 13.8. The predicted octanol–water partition coefficient (Wildman–Crippen LogP) is -0.403. The summed E-state index contributed by atoms with van der Waals surface area (Å²) in [4.78, 5) is 0. The Bertz CT molecular complexity index is 412. The summed E-state index contributed by atoms with van der Waals surface area (Å²) in [5, 5.41) is 0. The van der Waals surface area contributed by atoms with E-state index in [0.717, 1.165) is 11.8 Å². The molecule has 21 heavy (non-hydrogen) atoms. The van der Waals surface area contributed by atoms with E-state index in [0.29, 0.717) is 0 Å². The molecule has 3 heteroatoms. The number of hydrogen-bond acceptors (Lipinski definition) is 0. The fraction of sp³-hybridized carbons (Fsp3) is 0.556. The van der Waals surface area contributed by atoms with Crippen LogP contribution in [0.25, 0.3) is 0 Å². The Balaban J connectivity index is 0.00000200. The van der Waals surface area contributed by atoms with Gasteiger partial charge in [-0.15, -0.1) is 0 Å². The molecule has 0 unspecified atom stereocenters. The Hall–Kier alpha value is 0.423. The van der Waals surface area contributed by atoms with Crippen molar-refractivity contribution in [2.24, 2.45) is 11.8 Å². The number of rotatable bonds is 6. The van der Waals surface area contributed by atoms with Crippen LogP contribution in [0.15, 0.2) is 42.0 Å². The van der Waals surface area contributed by atoms with Crippen LogP contribution < -0.4 is 24.8 Å². The average Bonchev–Trinajstić information content (AvgIpc) is 2.88. The molecule has 0 saturated heterocycles. The Morgan fingerprint density at radius 3 is 1.52 bits per heavy atom. The number of hydrogen-bond donors (Lipinski definition) is 0. The molecule has 0 nitrogen and oxygen atoms in total. The molecule has 0 bridgehead atoms. The molecule has 0 saturated carbocycles. The minimum Gasteiger partial charge on any atom is -1.00 e. The first kappa shape index (κ1) is 21.4. The topological polar surface area (TPSA) is 0 Å². The van der Waals surface area contributed by atoms with Crippen LogP contribution in [0.2, 0.25) is 0 Å². The van der Waals surface area contributed by atoms with E-state index in [-0.39, 0.29) is 24.8 Å². The van der Waals surface area contributed by atoms with E-state index in [9.17, 15) is 0 Å². The first-order valence-corrected chi connectivity index (χ1v) is 10.0. The van der Waals surface area contributed by atoms with Crippen molar-refractivity contribution in [1.82, 2.24) is 0 Å². The van der Waals surface area contributed by atoms with E-state index >= 15 is 0 Å². The third-order valence-corrected chi connectivity index (χ3v) is 6.79. The van der Waals surface area contributed by atoms with Gasteiger partial charge in [0.1, 0.15) is 0 Å². The van der Waals surface area contributed by atoms with Crippen molar-refractivity contribution in [3.05, 3.63) is 42.0 Å². The van der Waals surface area contributed by atoms with Gasteiger partial charge in [-0.2, -0.15) is 0 Å². The van der Waals surface area contributed by atoms with Gasteiger partial charge in [0, 0.05) is 0 Å². The van der Waals surface area contributed by atoms with Gasteiger partial charge < -0.3 is 24.8 Å². The summed E-state index contributed by atoms with van der Waals surface area (Å²) in [6.45, 7) is 9.26. The normalized spacial score (nSPS) is 16.7. The van der Waals surface area contributed by atoms with E-state index in [4.69, 9.17) is 0 Å². The van der Waals surface area contributed by atoms with Crippen LogP contribution in [0.4, 0.5) is 0 Å². The van der Waals surface area contributed by atoms with Gasteiger partial charge in [0.05, 0.1) is 0 Å². The van der Waals surface area contributed by atoms with Crippen molar-refractivity contribution in [2.75, 3.05) is 0 Å². The van der Waals surface area contributed by atoms with Crippen molar-refractivity contribution in [2.45, 2.75) is 53.4 Å². The Morgan fingerprint density at radius 2 is 1.19 bits per heavy atom. The van der Waals surface area contributed by atoms with Crippen LogP contribution in [-0.4, -0.2) is 0 Å². The van der Waals surface area contributed by atoms with Crippen LogP contribution >= 0.6 is 0 Å². The van der Waals surface area contributed by atoms with Crippen molar-refractivity contribution in [1.29, 1.82) is 0 Å². The monoisotopic (exact) mass is 402 g/mol. The number of halogens is 2. The molecule has 2 aliphatic rings. The molecule has 0 atom stereocenters. The second-order valence-corrected chi connectivity index (χ2v) is 10.4. The summed E-state index contributed by atoms with van der Waals surface area (Å²) >= 11 is -0.449. The van der Waals surface area contributed by atoms with E-state index in [2.05, 4.69) is 52.0 Å². The Labute approximate surface area is 154 Å². The second-order valence-electron chi connectivity index (χ2n) is 6.63. The van der Waals surface area contributed by atoms with E-state index in [1.807, 2.05) is 0 Å². The SMILES string of the molecule is CC(C)CC1=CC[C]([Zr+2][C]2=CC(CC(C)C)=CC2)=C1.[Cl-].[Cl-]. The van der Waals surface area contributed by atoms with Gasteiger partial charge in [-0.05, 0) is 0 Å². The summed E-state index contributed by atoms with van der Waals surface area (Å²) in [5.41, 5.74) is 3.19. The Morgan fingerprint density at radius 1 is 0.810 bits per heavy atom. The minimum atomic E-state index is -0.449. The molecule has 0 aromatic carbocycles. The zero-order valence-corrected chi connectivity index (χ0v) is 17.5. The quantitative estimate of drug-likeness (QED) is 0.565. The maximum Gasteiger partial charge on any atom is -1.00 e. The van der Waals surface area contributed by atoms with E-state index in [1.54, 1.807) is 17.7 Å². The average molecular weight is 405 g/mol. The van der Waals surface area contributed by atoms with Crippen molar-refractivity contribution in [3.8, 4) is 0 Å². The van der Waals surface area contributed by atoms with Gasteiger partial charge >= 0.3 is 130 Å². The number of allylic oxidation sites excluding steroid dienone is 8. The third kappa shape index (κ3) is 7.49. The fourth-order valence-electron chi connectivity index (χ4n) is 2.77. The summed E-state index contributed by atoms with van der Waals surface area (Å²) in [6, 6.07) is 0. The molecular formula is C18H26Cl2Zr. The van der Waals surface area contributed by atoms with Crippen molar-refractivity contribution >= 4 is 0 Å². The van der Waals surface area contributed by atoms with Crippen LogP contribution in [-0.2, 0) is 23.2 Å². The van der Waals surface area contributed by atoms with Gasteiger partial charge in [0.25, 0.3) is 0 Å².